The second kappa shape index (κ2) is 6.58. The first-order valence-electron chi connectivity index (χ1n) is 8.12. The van der Waals surface area contributed by atoms with Crippen LogP contribution < -0.4 is 10.2 Å². The highest BCUT2D eigenvalue weighted by atomic mass is 16.2. The zero-order chi connectivity index (χ0) is 14.7. The second-order valence-corrected chi connectivity index (χ2v) is 6.06. The number of hydrogen-bond donors (Lipinski definition) is 1. The third-order valence-corrected chi connectivity index (χ3v) is 4.54. The van der Waals surface area contributed by atoms with Crippen LogP contribution in [0.1, 0.15) is 25.3 Å². The molecule has 1 aromatic rings. The van der Waals surface area contributed by atoms with Gasteiger partial charge in [0.1, 0.15) is 0 Å². The molecule has 21 heavy (non-hydrogen) atoms. The topological polar surface area (TPSA) is 35.6 Å². The first kappa shape index (κ1) is 14.5. The van der Waals surface area contributed by atoms with Gasteiger partial charge >= 0.3 is 0 Å². The van der Waals surface area contributed by atoms with Gasteiger partial charge in [-0.3, -0.25) is 9.69 Å². The van der Waals surface area contributed by atoms with Gasteiger partial charge in [-0.05, 0) is 37.4 Å². The highest BCUT2D eigenvalue weighted by Gasteiger charge is 2.29. The summed E-state index contributed by atoms with van der Waals surface area (Å²) in [5.41, 5.74) is 2.43. The predicted octanol–water partition coefficient (Wildman–Crippen LogP) is 1.65. The van der Waals surface area contributed by atoms with E-state index in [1.54, 1.807) is 0 Å². The van der Waals surface area contributed by atoms with Crippen molar-refractivity contribution < 1.29 is 4.79 Å². The third-order valence-electron chi connectivity index (χ3n) is 4.54. The number of fused-ring (bicyclic) bond motifs is 1. The van der Waals surface area contributed by atoms with Crippen molar-refractivity contribution in [2.24, 2.45) is 0 Å². The first-order valence-corrected chi connectivity index (χ1v) is 8.12. The van der Waals surface area contributed by atoms with Gasteiger partial charge in [0, 0.05) is 31.4 Å². The lowest BCUT2D eigenvalue weighted by Crippen LogP contribution is -2.59. The highest BCUT2D eigenvalue weighted by Crippen LogP contribution is 2.26. The van der Waals surface area contributed by atoms with Gasteiger partial charge in [0.15, 0.2) is 0 Å². The summed E-state index contributed by atoms with van der Waals surface area (Å²) in [5, 5.41) is 3.30. The van der Waals surface area contributed by atoms with Gasteiger partial charge in [-0.2, -0.15) is 0 Å². The van der Waals surface area contributed by atoms with Crippen LogP contribution >= 0.6 is 0 Å². The van der Waals surface area contributed by atoms with Gasteiger partial charge in [0.2, 0.25) is 5.91 Å². The fourth-order valence-electron chi connectivity index (χ4n) is 3.26. The quantitative estimate of drug-likeness (QED) is 0.894. The zero-order valence-electron chi connectivity index (χ0n) is 12.8. The molecule has 114 valence electrons. The smallest absolute Gasteiger partial charge is 0.241 e. The van der Waals surface area contributed by atoms with Crippen molar-refractivity contribution in [3.05, 3.63) is 29.8 Å². The minimum Gasteiger partial charge on any atom is -0.314 e. The molecule has 2 aliphatic heterocycles. The molecule has 4 heteroatoms. The van der Waals surface area contributed by atoms with Crippen molar-refractivity contribution in [1.82, 2.24) is 10.2 Å². The molecule has 1 saturated heterocycles. The van der Waals surface area contributed by atoms with E-state index in [0.717, 1.165) is 51.1 Å². The maximum Gasteiger partial charge on any atom is 0.241 e. The predicted molar refractivity (Wildman–Crippen MR) is 85.6 cm³/mol. The van der Waals surface area contributed by atoms with E-state index >= 15 is 0 Å². The van der Waals surface area contributed by atoms with Crippen LogP contribution in [0.2, 0.25) is 0 Å². The molecule has 0 aliphatic carbocycles. The molecule has 0 unspecified atom stereocenters. The van der Waals surface area contributed by atoms with Gasteiger partial charge in [-0.25, -0.2) is 0 Å². The molecule has 2 aliphatic rings. The lowest BCUT2D eigenvalue weighted by Gasteiger charge is -2.39. The second-order valence-electron chi connectivity index (χ2n) is 6.06. The average molecular weight is 287 g/mol. The number of carbonyl (C=O) groups excluding carboxylic acids is 1. The molecule has 0 saturated carbocycles. The summed E-state index contributed by atoms with van der Waals surface area (Å²) in [7, 11) is 0. The van der Waals surface area contributed by atoms with Crippen LogP contribution in [-0.2, 0) is 11.2 Å². The minimum absolute atomic E-state index is 0.252. The normalized spacial score (nSPS) is 18.5. The van der Waals surface area contributed by atoms with Gasteiger partial charge in [0.25, 0.3) is 0 Å². The molecule has 1 N–H and O–H groups in total. The summed E-state index contributed by atoms with van der Waals surface area (Å²) in [6.07, 6.45) is 3.26. The molecule has 2 heterocycles. The molecule has 0 spiro atoms. The van der Waals surface area contributed by atoms with Crippen LogP contribution in [-0.4, -0.2) is 49.6 Å². The molecular formula is C17H25N3O. The van der Waals surface area contributed by atoms with E-state index in [9.17, 15) is 4.79 Å². The number of nitrogens with one attached hydrogen (secondary N) is 1. The molecule has 0 atom stereocenters. The molecule has 0 bridgehead atoms. The molecule has 0 radical (unpaired) electrons. The number of rotatable bonds is 5. The Labute approximate surface area is 127 Å². The Morgan fingerprint density at radius 3 is 2.90 bits per heavy atom. The minimum atomic E-state index is 0.252. The highest BCUT2D eigenvalue weighted by molar-refractivity contribution is 5.96. The number of hydrogen-bond acceptors (Lipinski definition) is 3. The van der Waals surface area contributed by atoms with Gasteiger partial charge in [0.05, 0.1) is 6.54 Å². The maximum absolute atomic E-state index is 12.8. The molecule has 0 aromatic heterocycles. The standard InChI is InChI=1S/C17H25N3O/c1-2-9-19(15-11-18-12-15)13-17(21)20-10-5-7-14-6-3-4-8-16(14)20/h3-4,6,8,15,18H,2,5,7,9-13H2,1H3. The Hall–Kier alpha value is -1.39. The van der Waals surface area contributed by atoms with Crippen molar-refractivity contribution >= 4 is 11.6 Å². The van der Waals surface area contributed by atoms with Crippen molar-refractivity contribution in [3.8, 4) is 0 Å². The van der Waals surface area contributed by atoms with Crippen LogP contribution in [0, 0.1) is 0 Å². The van der Waals surface area contributed by atoms with E-state index in [2.05, 4.69) is 35.3 Å². The van der Waals surface area contributed by atoms with Crippen LogP contribution in [0.4, 0.5) is 5.69 Å². The van der Waals surface area contributed by atoms with Gasteiger partial charge in [-0.1, -0.05) is 25.1 Å². The summed E-state index contributed by atoms with van der Waals surface area (Å²) in [5.74, 6) is 0.252. The van der Waals surface area contributed by atoms with Crippen LogP contribution in [0.3, 0.4) is 0 Å². The molecule has 1 aromatic carbocycles. The zero-order valence-corrected chi connectivity index (χ0v) is 12.8. The lowest BCUT2D eigenvalue weighted by molar-refractivity contribution is -0.120. The Bertz CT molecular complexity index is 499. The van der Waals surface area contributed by atoms with Crippen LogP contribution in [0.15, 0.2) is 24.3 Å². The Morgan fingerprint density at radius 1 is 1.38 bits per heavy atom. The fourth-order valence-corrected chi connectivity index (χ4v) is 3.26. The number of para-hydroxylation sites is 1. The molecule has 3 rings (SSSR count). The van der Waals surface area contributed by atoms with Crippen molar-refractivity contribution in [2.45, 2.75) is 32.2 Å². The first-order chi connectivity index (χ1) is 10.3. The molecule has 4 nitrogen and oxygen atoms in total. The number of nitrogens with zero attached hydrogens (tertiary/aromatic N) is 2. The monoisotopic (exact) mass is 287 g/mol. The van der Waals surface area contributed by atoms with Crippen molar-refractivity contribution in [1.29, 1.82) is 0 Å². The van der Waals surface area contributed by atoms with E-state index in [1.807, 2.05) is 11.0 Å². The number of aryl methyl sites for hydroxylation is 1. The van der Waals surface area contributed by atoms with E-state index in [1.165, 1.54) is 5.56 Å². The summed E-state index contributed by atoms with van der Waals surface area (Å²) in [4.78, 5) is 17.1. The number of anilines is 1. The van der Waals surface area contributed by atoms with E-state index in [4.69, 9.17) is 0 Å². The van der Waals surface area contributed by atoms with Crippen molar-refractivity contribution in [2.75, 3.05) is 37.6 Å². The van der Waals surface area contributed by atoms with Gasteiger partial charge < -0.3 is 10.2 Å². The van der Waals surface area contributed by atoms with E-state index < -0.39 is 0 Å². The van der Waals surface area contributed by atoms with E-state index in [0.29, 0.717) is 12.6 Å². The number of carbonyl (C=O) groups is 1. The summed E-state index contributed by atoms with van der Waals surface area (Å²) in [6.45, 7) is 6.63. The van der Waals surface area contributed by atoms with Crippen LogP contribution in [0.25, 0.3) is 0 Å². The summed E-state index contributed by atoms with van der Waals surface area (Å²) < 4.78 is 0. The Balaban J connectivity index is 1.70. The summed E-state index contributed by atoms with van der Waals surface area (Å²) >= 11 is 0. The SMILES string of the molecule is CCCN(CC(=O)N1CCCc2ccccc21)C1CNC1. The fraction of sp³-hybridized carbons (Fsp3) is 0.588. The number of benzene rings is 1. The maximum atomic E-state index is 12.8. The average Bonchev–Trinajstić information content (AvgIpc) is 2.45. The third kappa shape index (κ3) is 3.11. The Kier molecular flexibility index (Phi) is 4.56. The Morgan fingerprint density at radius 2 is 2.19 bits per heavy atom. The summed E-state index contributed by atoms with van der Waals surface area (Å²) in [6, 6.07) is 8.87. The molecule has 1 amide bonds. The van der Waals surface area contributed by atoms with Crippen molar-refractivity contribution in [3.63, 3.8) is 0 Å². The van der Waals surface area contributed by atoms with E-state index in [-0.39, 0.29) is 5.91 Å². The molecular weight excluding hydrogens is 262 g/mol. The van der Waals surface area contributed by atoms with Gasteiger partial charge in [-0.15, -0.1) is 0 Å². The lowest BCUT2D eigenvalue weighted by atomic mass is 10.0. The molecule has 1 fully saturated rings. The number of amides is 1. The van der Waals surface area contributed by atoms with Crippen LogP contribution in [0.5, 0.6) is 0 Å². The largest absolute Gasteiger partial charge is 0.314 e.